The van der Waals surface area contributed by atoms with Gasteiger partial charge in [-0.3, -0.25) is 9.69 Å². The normalized spacial score (nSPS) is 14.6. The van der Waals surface area contributed by atoms with Crippen molar-refractivity contribution in [3.8, 4) is 11.5 Å². The molecule has 1 N–H and O–H groups in total. The molecule has 0 unspecified atom stereocenters. The Morgan fingerprint density at radius 2 is 1.64 bits per heavy atom. The largest absolute Gasteiger partial charge is 0.497 e. The van der Waals surface area contributed by atoms with Gasteiger partial charge >= 0.3 is 5.97 Å². The SMILES string of the molecule is COc1ccc(C(=O)N2CCN(Cc3ccc(C(=O)O)cc3)CC2)c(OC)c1. The summed E-state index contributed by atoms with van der Waals surface area (Å²) in [5.74, 6) is 0.176. The Morgan fingerprint density at radius 3 is 2.21 bits per heavy atom. The predicted octanol–water partition coefficient (Wildman–Crippen LogP) is 2.36. The number of ether oxygens (including phenoxy) is 2. The van der Waals surface area contributed by atoms with Crippen molar-refractivity contribution in [2.75, 3.05) is 40.4 Å². The average molecular weight is 384 g/mol. The summed E-state index contributed by atoms with van der Waals surface area (Å²) in [4.78, 5) is 27.9. The van der Waals surface area contributed by atoms with Gasteiger partial charge in [0.05, 0.1) is 25.3 Å². The Kier molecular flexibility index (Phi) is 6.16. The number of aromatic carboxylic acids is 1. The number of piperazine rings is 1. The number of carbonyl (C=O) groups is 2. The molecule has 28 heavy (non-hydrogen) atoms. The third-order valence-electron chi connectivity index (χ3n) is 4.91. The van der Waals surface area contributed by atoms with Crippen molar-refractivity contribution in [1.29, 1.82) is 0 Å². The summed E-state index contributed by atoms with van der Waals surface area (Å²) in [6.45, 7) is 3.49. The molecule has 1 fully saturated rings. The first kappa shape index (κ1) is 19.7. The number of carbonyl (C=O) groups excluding carboxylic acids is 1. The minimum Gasteiger partial charge on any atom is -0.497 e. The van der Waals surface area contributed by atoms with Crippen molar-refractivity contribution >= 4 is 11.9 Å². The third kappa shape index (κ3) is 4.43. The molecule has 0 aromatic heterocycles. The van der Waals surface area contributed by atoms with Crippen LogP contribution in [-0.4, -0.2) is 67.2 Å². The van der Waals surface area contributed by atoms with Gasteiger partial charge in [0.2, 0.25) is 0 Å². The van der Waals surface area contributed by atoms with Gasteiger partial charge in [0.15, 0.2) is 0 Å². The van der Waals surface area contributed by atoms with E-state index in [2.05, 4.69) is 4.90 Å². The van der Waals surface area contributed by atoms with Crippen LogP contribution in [0, 0.1) is 0 Å². The van der Waals surface area contributed by atoms with Crippen molar-refractivity contribution < 1.29 is 24.2 Å². The van der Waals surface area contributed by atoms with Crippen LogP contribution in [0.5, 0.6) is 11.5 Å². The Labute approximate surface area is 164 Å². The van der Waals surface area contributed by atoms with Crippen molar-refractivity contribution in [3.63, 3.8) is 0 Å². The standard InChI is InChI=1S/C21H24N2O5/c1-27-17-7-8-18(19(13-17)28-2)20(24)23-11-9-22(10-12-23)14-15-3-5-16(6-4-15)21(25)26/h3-8,13H,9-12,14H2,1-2H3,(H,25,26). The molecular formula is C21H24N2O5. The van der Waals surface area contributed by atoms with E-state index in [1.165, 1.54) is 0 Å². The summed E-state index contributed by atoms with van der Waals surface area (Å²) in [5.41, 5.74) is 1.87. The van der Waals surface area contributed by atoms with Gasteiger partial charge in [0.25, 0.3) is 5.91 Å². The summed E-state index contributed by atoms with van der Waals surface area (Å²) in [6.07, 6.45) is 0. The lowest BCUT2D eigenvalue weighted by molar-refractivity contribution is 0.0624. The second-order valence-electron chi connectivity index (χ2n) is 6.64. The zero-order valence-electron chi connectivity index (χ0n) is 16.1. The summed E-state index contributed by atoms with van der Waals surface area (Å²) in [5, 5.41) is 8.98. The lowest BCUT2D eigenvalue weighted by Gasteiger charge is -2.35. The molecule has 0 aliphatic carbocycles. The topological polar surface area (TPSA) is 79.3 Å². The fraction of sp³-hybridized carbons (Fsp3) is 0.333. The van der Waals surface area contributed by atoms with E-state index in [4.69, 9.17) is 14.6 Å². The minimum absolute atomic E-state index is 0.0510. The third-order valence-corrected chi connectivity index (χ3v) is 4.91. The van der Waals surface area contributed by atoms with E-state index in [0.717, 1.165) is 25.2 Å². The molecule has 7 nitrogen and oxygen atoms in total. The highest BCUT2D eigenvalue weighted by Crippen LogP contribution is 2.26. The number of hydrogen-bond donors (Lipinski definition) is 1. The fourth-order valence-corrected chi connectivity index (χ4v) is 3.27. The van der Waals surface area contributed by atoms with Crippen LogP contribution >= 0.6 is 0 Å². The molecule has 1 saturated heterocycles. The Bertz CT molecular complexity index is 842. The van der Waals surface area contributed by atoms with Gasteiger partial charge < -0.3 is 19.5 Å². The molecule has 0 atom stereocenters. The lowest BCUT2D eigenvalue weighted by atomic mass is 10.1. The van der Waals surface area contributed by atoms with Crippen molar-refractivity contribution in [2.24, 2.45) is 0 Å². The number of methoxy groups -OCH3 is 2. The number of benzene rings is 2. The molecule has 0 radical (unpaired) electrons. The maximum atomic E-state index is 12.9. The zero-order valence-corrected chi connectivity index (χ0v) is 16.1. The van der Waals surface area contributed by atoms with Crippen molar-refractivity contribution in [2.45, 2.75) is 6.54 Å². The smallest absolute Gasteiger partial charge is 0.335 e. The number of rotatable bonds is 6. The maximum absolute atomic E-state index is 12.9. The predicted molar refractivity (Wildman–Crippen MR) is 104 cm³/mol. The van der Waals surface area contributed by atoms with Gasteiger partial charge in [-0.2, -0.15) is 0 Å². The van der Waals surface area contributed by atoms with Crippen molar-refractivity contribution in [3.05, 3.63) is 59.2 Å². The lowest BCUT2D eigenvalue weighted by Crippen LogP contribution is -2.48. The molecule has 1 amide bonds. The van der Waals surface area contributed by atoms with E-state index in [1.54, 1.807) is 44.6 Å². The molecule has 148 valence electrons. The number of nitrogens with zero attached hydrogens (tertiary/aromatic N) is 2. The minimum atomic E-state index is -0.923. The van der Waals surface area contributed by atoms with E-state index < -0.39 is 5.97 Å². The van der Waals surface area contributed by atoms with Crippen LogP contribution in [-0.2, 0) is 6.54 Å². The Morgan fingerprint density at radius 1 is 0.964 bits per heavy atom. The fourth-order valence-electron chi connectivity index (χ4n) is 3.27. The molecule has 0 spiro atoms. The van der Waals surface area contributed by atoms with E-state index >= 15 is 0 Å². The number of hydrogen-bond acceptors (Lipinski definition) is 5. The van der Waals surface area contributed by atoms with Gasteiger partial charge in [-0.1, -0.05) is 12.1 Å². The average Bonchev–Trinajstić information content (AvgIpc) is 2.73. The molecule has 1 aliphatic rings. The molecule has 7 heteroatoms. The van der Waals surface area contributed by atoms with Crippen LogP contribution in [0.4, 0.5) is 0 Å². The highest BCUT2D eigenvalue weighted by atomic mass is 16.5. The molecule has 0 saturated carbocycles. The first-order valence-electron chi connectivity index (χ1n) is 9.07. The second-order valence-corrected chi connectivity index (χ2v) is 6.64. The molecule has 2 aromatic carbocycles. The summed E-state index contributed by atoms with van der Waals surface area (Å²) in [6, 6.07) is 12.1. The van der Waals surface area contributed by atoms with Gasteiger partial charge in [-0.25, -0.2) is 4.79 Å². The van der Waals surface area contributed by atoms with Crippen molar-refractivity contribution in [1.82, 2.24) is 9.80 Å². The van der Waals surface area contributed by atoms with E-state index in [1.807, 2.05) is 17.0 Å². The molecular weight excluding hydrogens is 360 g/mol. The second kappa shape index (κ2) is 8.75. The van der Waals surface area contributed by atoms with E-state index in [-0.39, 0.29) is 11.5 Å². The molecule has 1 aliphatic heterocycles. The maximum Gasteiger partial charge on any atom is 0.335 e. The Balaban J connectivity index is 1.59. The van der Waals surface area contributed by atoms with Gasteiger partial charge in [-0.05, 0) is 29.8 Å². The van der Waals surface area contributed by atoms with E-state index in [9.17, 15) is 9.59 Å². The zero-order chi connectivity index (χ0) is 20.1. The molecule has 1 heterocycles. The first-order chi connectivity index (χ1) is 13.5. The quantitative estimate of drug-likeness (QED) is 0.824. The molecule has 3 rings (SSSR count). The number of amides is 1. The molecule has 0 bridgehead atoms. The van der Waals surface area contributed by atoms with Crippen LogP contribution in [0.25, 0.3) is 0 Å². The van der Waals surface area contributed by atoms with Gasteiger partial charge in [0.1, 0.15) is 11.5 Å². The number of carboxylic acid groups (broad SMARTS) is 1. The first-order valence-corrected chi connectivity index (χ1v) is 9.07. The summed E-state index contributed by atoms with van der Waals surface area (Å²) < 4.78 is 10.5. The monoisotopic (exact) mass is 384 g/mol. The van der Waals surface area contributed by atoms with Crippen LogP contribution in [0.2, 0.25) is 0 Å². The van der Waals surface area contributed by atoms with E-state index in [0.29, 0.717) is 30.2 Å². The van der Waals surface area contributed by atoms with Gasteiger partial charge in [0, 0.05) is 38.8 Å². The number of carboxylic acids is 1. The van der Waals surface area contributed by atoms with Crippen LogP contribution < -0.4 is 9.47 Å². The van der Waals surface area contributed by atoms with Crippen LogP contribution in [0.3, 0.4) is 0 Å². The van der Waals surface area contributed by atoms with Gasteiger partial charge in [-0.15, -0.1) is 0 Å². The highest BCUT2D eigenvalue weighted by molar-refractivity contribution is 5.97. The molecule has 2 aromatic rings. The highest BCUT2D eigenvalue weighted by Gasteiger charge is 2.24. The Hall–Kier alpha value is -3.06. The van der Waals surface area contributed by atoms with Crippen LogP contribution in [0.1, 0.15) is 26.3 Å². The summed E-state index contributed by atoms with van der Waals surface area (Å²) in [7, 11) is 3.11. The summed E-state index contributed by atoms with van der Waals surface area (Å²) >= 11 is 0. The van der Waals surface area contributed by atoms with Crippen LogP contribution in [0.15, 0.2) is 42.5 Å².